The highest BCUT2D eigenvalue weighted by atomic mass is 19.1. The molecular formula is C18H27FN4O2. The van der Waals surface area contributed by atoms with Crippen molar-refractivity contribution in [1.29, 1.82) is 0 Å². The number of aliphatic hydroxyl groups excluding tert-OH is 1. The molecule has 1 atom stereocenters. The number of benzene rings is 1. The van der Waals surface area contributed by atoms with Crippen molar-refractivity contribution in [2.45, 2.75) is 45.9 Å². The zero-order valence-electron chi connectivity index (χ0n) is 14.9. The molecule has 1 aliphatic rings. The smallest absolute Gasteiger partial charge is 0.222 e. The van der Waals surface area contributed by atoms with Crippen LogP contribution in [0.5, 0.6) is 0 Å². The highest BCUT2D eigenvalue weighted by Crippen LogP contribution is 2.12. The fraction of sp³-hybridized carbons (Fsp3) is 0.556. The van der Waals surface area contributed by atoms with Gasteiger partial charge in [0, 0.05) is 37.7 Å². The second-order valence-electron chi connectivity index (χ2n) is 6.10. The average molecular weight is 350 g/mol. The van der Waals surface area contributed by atoms with Crippen LogP contribution in [0.1, 0.15) is 37.8 Å². The number of hydrogen-bond acceptors (Lipinski definition) is 3. The normalized spacial score (nSPS) is 17.7. The van der Waals surface area contributed by atoms with Crippen LogP contribution in [0, 0.1) is 5.82 Å². The number of carbonyl (C=O) groups is 1. The van der Waals surface area contributed by atoms with Crippen LogP contribution in [0.15, 0.2) is 23.2 Å². The van der Waals surface area contributed by atoms with Gasteiger partial charge >= 0.3 is 0 Å². The standard InChI is InChI=1S/C18H27FN4O2/c1-3-17(25)23-8-7-15(11-23)22-18(20-4-2)21-10-13-5-6-16(19)14(9-13)12-24/h5-6,9,15,24H,3-4,7-8,10-12H2,1-2H3,(H2,20,21,22). The zero-order chi connectivity index (χ0) is 18.2. The van der Waals surface area contributed by atoms with Crippen molar-refractivity contribution < 1.29 is 14.3 Å². The Kier molecular flexibility index (Phi) is 7.18. The molecule has 0 aliphatic carbocycles. The summed E-state index contributed by atoms with van der Waals surface area (Å²) in [5, 5.41) is 15.7. The Morgan fingerprint density at radius 3 is 2.92 bits per heavy atom. The number of carbonyl (C=O) groups excluding carboxylic acids is 1. The van der Waals surface area contributed by atoms with E-state index in [2.05, 4.69) is 15.6 Å². The number of likely N-dealkylation sites (tertiary alicyclic amines) is 1. The van der Waals surface area contributed by atoms with E-state index >= 15 is 0 Å². The molecule has 1 saturated heterocycles. The number of aliphatic hydroxyl groups is 1. The van der Waals surface area contributed by atoms with E-state index < -0.39 is 5.82 Å². The summed E-state index contributed by atoms with van der Waals surface area (Å²) in [6.07, 6.45) is 1.42. The lowest BCUT2D eigenvalue weighted by atomic mass is 10.1. The Morgan fingerprint density at radius 1 is 1.44 bits per heavy atom. The maximum atomic E-state index is 13.4. The second kappa shape index (κ2) is 9.36. The first-order chi connectivity index (χ1) is 12.1. The molecule has 7 heteroatoms. The number of guanidine groups is 1. The van der Waals surface area contributed by atoms with Crippen LogP contribution < -0.4 is 10.6 Å². The Balaban J connectivity index is 1.98. The molecule has 0 spiro atoms. The monoisotopic (exact) mass is 350 g/mol. The van der Waals surface area contributed by atoms with Crippen molar-refractivity contribution >= 4 is 11.9 Å². The van der Waals surface area contributed by atoms with Gasteiger partial charge in [-0.05, 0) is 31.0 Å². The van der Waals surface area contributed by atoms with Gasteiger partial charge in [0.15, 0.2) is 5.96 Å². The van der Waals surface area contributed by atoms with E-state index in [1.165, 1.54) is 6.07 Å². The fourth-order valence-electron chi connectivity index (χ4n) is 2.86. The van der Waals surface area contributed by atoms with Crippen molar-refractivity contribution in [3.05, 3.63) is 35.1 Å². The Labute approximate surface area is 148 Å². The summed E-state index contributed by atoms with van der Waals surface area (Å²) < 4.78 is 13.4. The van der Waals surface area contributed by atoms with Gasteiger partial charge in [-0.25, -0.2) is 9.38 Å². The SMILES string of the molecule is CCNC(=NCc1ccc(F)c(CO)c1)NC1CCN(C(=O)CC)C1. The number of rotatable bonds is 6. The molecule has 1 fully saturated rings. The lowest BCUT2D eigenvalue weighted by molar-refractivity contribution is -0.129. The molecule has 0 radical (unpaired) electrons. The molecule has 2 rings (SSSR count). The molecule has 0 aromatic heterocycles. The van der Waals surface area contributed by atoms with Gasteiger partial charge in [-0.3, -0.25) is 4.79 Å². The van der Waals surface area contributed by atoms with Gasteiger partial charge in [-0.1, -0.05) is 13.0 Å². The summed E-state index contributed by atoms with van der Waals surface area (Å²) >= 11 is 0. The van der Waals surface area contributed by atoms with Gasteiger partial charge in [-0.15, -0.1) is 0 Å². The third-order valence-electron chi connectivity index (χ3n) is 4.23. The number of aliphatic imine (C=N–C) groups is 1. The van der Waals surface area contributed by atoms with E-state index in [0.717, 1.165) is 25.1 Å². The molecular weight excluding hydrogens is 323 g/mol. The number of halogens is 1. The van der Waals surface area contributed by atoms with Crippen molar-refractivity contribution in [3.8, 4) is 0 Å². The fourth-order valence-corrected chi connectivity index (χ4v) is 2.86. The third kappa shape index (κ3) is 5.42. The van der Waals surface area contributed by atoms with Gasteiger partial charge in [0.2, 0.25) is 5.91 Å². The molecule has 0 saturated carbocycles. The van der Waals surface area contributed by atoms with Gasteiger partial charge < -0.3 is 20.6 Å². The molecule has 1 heterocycles. The van der Waals surface area contributed by atoms with Gasteiger partial charge in [0.05, 0.1) is 13.2 Å². The van der Waals surface area contributed by atoms with Crippen molar-refractivity contribution in [3.63, 3.8) is 0 Å². The van der Waals surface area contributed by atoms with E-state index in [-0.39, 0.29) is 24.1 Å². The molecule has 1 aromatic rings. The van der Waals surface area contributed by atoms with Crippen LogP contribution in [0.4, 0.5) is 4.39 Å². The highest BCUT2D eigenvalue weighted by molar-refractivity contribution is 5.80. The minimum atomic E-state index is -0.410. The summed E-state index contributed by atoms with van der Waals surface area (Å²) in [5.74, 6) is 0.439. The number of amides is 1. The van der Waals surface area contributed by atoms with Crippen LogP contribution in [0.25, 0.3) is 0 Å². The molecule has 3 N–H and O–H groups in total. The summed E-state index contributed by atoms with van der Waals surface area (Å²) in [4.78, 5) is 18.2. The van der Waals surface area contributed by atoms with Crippen LogP contribution >= 0.6 is 0 Å². The summed E-state index contributed by atoms with van der Waals surface area (Å²) in [7, 11) is 0. The minimum absolute atomic E-state index is 0.175. The summed E-state index contributed by atoms with van der Waals surface area (Å²) in [5.41, 5.74) is 1.10. The Bertz CT molecular complexity index is 621. The minimum Gasteiger partial charge on any atom is -0.392 e. The predicted molar refractivity (Wildman–Crippen MR) is 95.6 cm³/mol. The van der Waals surface area contributed by atoms with E-state index in [4.69, 9.17) is 5.11 Å². The first-order valence-electron chi connectivity index (χ1n) is 8.78. The maximum absolute atomic E-state index is 13.4. The van der Waals surface area contributed by atoms with E-state index in [1.807, 2.05) is 18.7 Å². The summed E-state index contributed by atoms with van der Waals surface area (Å²) in [6.45, 7) is 6.09. The van der Waals surface area contributed by atoms with Crippen LogP contribution in [0.3, 0.4) is 0 Å². The zero-order valence-corrected chi connectivity index (χ0v) is 14.9. The molecule has 138 valence electrons. The molecule has 6 nitrogen and oxygen atoms in total. The average Bonchev–Trinajstić information content (AvgIpc) is 3.08. The summed E-state index contributed by atoms with van der Waals surface area (Å²) in [6, 6.07) is 4.81. The lowest BCUT2D eigenvalue weighted by Gasteiger charge is -2.18. The Hall–Kier alpha value is -2.15. The number of nitrogens with zero attached hydrogens (tertiary/aromatic N) is 2. The predicted octanol–water partition coefficient (Wildman–Crippen LogP) is 1.38. The van der Waals surface area contributed by atoms with E-state index in [1.54, 1.807) is 12.1 Å². The van der Waals surface area contributed by atoms with Gasteiger partial charge in [-0.2, -0.15) is 0 Å². The molecule has 1 amide bonds. The largest absolute Gasteiger partial charge is 0.392 e. The van der Waals surface area contributed by atoms with Crippen LogP contribution in [-0.2, 0) is 17.9 Å². The first-order valence-corrected chi connectivity index (χ1v) is 8.78. The quantitative estimate of drug-likeness (QED) is 0.535. The van der Waals surface area contributed by atoms with Crippen molar-refractivity contribution in [1.82, 2.24) is 15.5 Å². The van der Waals surface area contributed by atoms with E-state index in [9.17, 15) is 9.18 Å². The van der Waals surface area contributed by atoms with Gasteiger partial charge in [0.1, 0.15) is 5.82 Å². The van der Waals surface area contributed by atoms with Crippen molar-refractivity contribution in [2.75, 3.05) is 19.6 Å². The Morgan fingerprint density at radius 2 is 2.24 bits per heavy atom. The van der Waals surface area contributed by atoms with Crippen LogP contribution in [0.2, 0.25) is 0 Å². The topological polar surface area (TPSA) is 77.0 Å². The molecule has 1 aromatic carbocycles. The molecule has 0 bridgehead atoms. The molecule has 25 heavy (non-hydrogen) atoms. The third-order valence-corrected chi connectivity index (χ3v) is 4.23. The van der Waals surface area contributed by atoms with E-state index in [0.29, 0.717) is 25.5 Å². The number of hydrogen-bond donors (Lipinski definition) is 3. The lowest BCUT2D eigenvalue weighted by Crippen LogP contribution is -2.45. The van der Waals surface area contributed by atoms with Crippen LogP contribution in [-0.4, -0.2) is 47.5 Å². The molecule has 1 aliphatic heterocycles. The van der Waals surface area contributed by atoms with Gasteiger partial charge in [0.25, 0.3) is 0 Å². The molecule has 1 unspecified atom stereocenters. The maximum Gasteiger partial charge on any atom is 0.222 e. The number of nitrogens with one attached hydrogen (secondary N) is 2. The van der Waals surface area contributed by atoms with Crippen molar-refractivity contribution in [2.24, 2.45) is 4.99 Å². The first kappa shape index (κ1) is 19.2. The second-order valence-corrected chi connectivity index (χ2v) is 6.10. The highest BCUT2D eigenvalue weighted by Gasteiger charge is 2.25.